The van der Waals surface area contributed by atoms with Gasteiger partial charge in [-0.15, -0.1) is 0 Å². The normalized spacial score (nSPS) is 25.1. The smallest absolute Gasteiger partial charge is 0.243 e. The lowest BCUT2D eigenvalue weighted by Gasteiger charge is -2.22. The summed E-state index contributed by atoms with van der Waals surface area (Å²) in [6, 6.07) is 7.55. The minimum Gasteiger partial charge on any atom is -0.310 e. The van der Waals surface area contributed by atoms with Crippen LogP contribution in [0.4, 0.5) is 0 Å². The monoisotopic (exact) mass is 310 g/mol. The number of nitrogens with one attached hydrogen (secondary N) is 1. The van der Waals surface area contributed by atoms with Crippen LogP contribution in [0.1, 0.15) is 45.7 Å². The standard InChI is InChI=1S/C16H26N2O2S/c1-5-17-14(4)15-7-6-8-16(10-15)21(19,20)18-11-12(2)9-13(18)3/h6-8,10,12-14,17H,5,9,11H2,1-4H3. The van der Waals surface area contributed by atoms with E-state index in [0.717, 1.165) is 18.5 Å². The van der Waals surface area contributed by atoms with E-state index in [0.29, 0.717) is 17.4 Å². The van der Waals surface area contributed by atoms with Crippen LogP contribution in [0, 0.1) is 5.92 Å². The zero-order chi connectivity index (χ0) is 15.6. The Morgan fingerprint density at radius 1 is 1.38 bits per heavy atom. The molecule has 0 saturated carbocycles. The van der Waals surface area contributed by atoms with Crippen LogP contribution in [0.2, 0.25) is 0 Å². The summed E-state index contributed by atoms with van der Waals surface area (Å²) >= 11 is 0. The van der Waals surface area contributed by atoms with Crippen LogP contribution in [-0.4, -0.2) is 31.9 Å². The summed E-state index contributed by atoms with van der Waals surface area (Å²) in [5, 5.41) is 3.32. The molecule has 5 heteroatoms. The summed E-state index contributed by atoms with van der Waals surface area (Å²) in [5.41, 5.74) is 1.01. The fourth-order valence-corrected chi connectivity index (χ4v) is 4.92. The van der Waals surface area contributed by atoms with Crippen LogP contribution in [0.5, 0.6) is 0 Å². The van der Waals surface area contributed by atoms with Crippen LogP contribution in [0.3, 0.4) is 0 Å². The highest BCUT2D eigenvalue weighted by Crippen LogP contribution is 2.29. The molecule has 0 aliphatic carbocycles. The molecule has 1 aliphatic heterocycles. The summed E-state index contributed by atoms with van der Waals surface area (Å²) in [4.78, 5) is 0.408. The maximum atomic E-state index is 12.8. The summed E-state index contributed by atoms with van der Waals surface area (Å²) in [6.07, 6.45) is 0.937. The lowest BCUT2D eigenvalue weighted by molar-refractivity contribution is 0.405. The van der Waals surface area contributed by atoms with E-state index in [4.69, 9.17) is 0 Å². The van der Waals surface area contributed by atoms with Gasteiger partial charge < -0.3 is 5.32 Å². The Morgan fingerprint density at radius 3 is 2.67 bits per heavy atom. The molecule has 1 aromatic carbocycles. The van der Waals surface area contributed by atoms with Gasteiger partial charge in [0.05, 0.1) is 4.90 Å². The van der Waals surface area contributed by atoms with E-state index in [-0.39, 0.29) is 12.1 Å². The van der Waals surface area contributed by atoms with E-state index in [1.165, 1.54) is 0 Å². The Hall–Kier alpha value is -0.910. The molecule has 21 heavy (non-hydrogen) atoms. The molecular weight excluding hydrogens is 284 g/mol. The molecule has 3 unspecified atom stereocenters. The summed E-state index contributed by atoms with van der Waals surface area (Å²) in [7, 11) is -3.39. The second kappa shape index (κ2) is 6.46. The first-order valence-electron chi connectivity index (χ1n) is 7.71. The van der Waals surface area contributed by atoms with E-state index in [1.807, 2.05) is 26.0 Å². The molecule has 4 nitrogen and oxygen atoms in total. The number of hydrogen-bond donors (Lipinski definition) is 1. The maximum absolute atomic E-state index is 12.8. The minimum absolute atomic E-state index is 0.0832. The first-order valence-corrected chi connectivity index (χ1v) is 9.15. The Bertz CT molecular complexity index is 586. The molecular formula is C16H26N2O2S. The molecule has 1 aliphatic rings. The zero-order valence-corrected chi connectivity index (χ0v) is 14.2. The van der Waals surface area contributed by atoms with Crippen molar-refractivity contribution in [3.05, 3.63) is 29.8 Å². The number of sulfonamides is 1. The highest BCUT2D eigenvalue weighted by atomic mass is 32.2. The maximum Gasteiger partial charge on any atom is 0.243 e. The minimum atomic E-state index is -3.39. The van der Waals surface area contributed by atoms with Gasteiger partial charge in [0.1, 0.15) is 0 Å². The van der Waals surface area contributed by atoms with Gasteiger partial charge in [-0.2, -0.15) is 4.31 Å². The van der Waals surface area contributed by atoms with Crippen LogP contribution in [-0.2, 0) is 10.0 Å². The number of hydrogen-bond acceptors (Lipinski definition) is 3. The van der Waals surface area contributed by atoms with Crippen LogP contribution >= 0.6 is 0 Å². The van der Waals surface area contributed by atoms with E-state index < -0.39 is 10.0 Å². The average Bonchev–Trinajstić information content (AvgIpc) is 2.79. The lowest BCUT2D eigenvalue weighted by atomic mass is 10.1. The highest BCUT2D eigenvalue weighted by Gasteiger charge is 2.36. The van der Waals surface area contributed by atoms with Gasteiger partial charge in [0.15, 0.2) is 0 Å². The average molecular weight is 310 g/mol. The molecule has 0 amide bonds. The van der Waals surface area contributed by atoms with Crippen molar-refractivity contribution in [2.75, 3.05) is 13.1 Å². The van der Waals surface area contributed by atoms with Crippen LogP contribution in [0.25, 0.3) is 0 Å². The van der Waals surface area contributed by atoms with Crippen molar-refractivity contribution < 1.29 is 8.42 Å². The van der Waals surface area contributed by atoms with Crippen molar-refractivity contribution in [3.63, 3.8) is 0 Å². The summed E-state index contributed by atoms with van der Waals surface area (Å²) in [5.74, 6) is 0.429. The predicted octanol–water partition coefficient (Wildman–Crippen LogP) is 2.78. The van der Waals surface area contributed by atoms with E-state index >= 15 is 0 Å². The van der Waals surface area contributed by atoms with E-state index in [9.17, 15) is 8.42 Å². The third kappa shape index (κ3) is 3.47. The molecule has 0 spiro atoms. The Balaban J connectivity index is 2.30. The largest absolute Gasteiger partial charge is 0.310 e. The molecule has 1 aromatic rings. The number of rotatable bonds is 5. The van der Waals surface area contributed by atoms with Gasteiger partial charge in [-0.25, -0.2) is 8.42 Å². The number of nitrogens with zero attached hydrogens (tertiary/aromatic N) is 1. The van der Waals surface area contributed by atoms with E-state index in [1.54, 1.807) is 16.4 Å². The number of benzene rings is 1. The Labute approximate surface area is 128 Å². The third-order valence-electron chi connectivity index (χ3n) is 4.20. The fraction of sp³-hybridized carbons (Fsp3) is 0.625. The fourth-order valence-electron chi connectivity index (χ4n) is 3.10. The van der Waals surface area contributed by atoms with Gasteiger partial charge in [0.25, 0.3) is 0 Å². The molecule has 118 valence electrons. The van der Waals surface area contributed by atoms with Gasteiger partial charge in [-0.3, -0.25) is 0 Å². The van der Waals surface area contributed by atoms with Crippen molar-refractivity contribution >= 4 is 10.0 Å². The molecule has 0 bridgehead atoms. The van der Waals surface area contributed by atoms with Gasteiger partial charge in [-0.1, -0.05) is 26.0 Å². The molecule has 1 fully saturated rings. The van der Waals surface area contributed by atoms with Crippen LogP contribution in [0.15, 0.2) is 29.2 Å². The van der Waals surface area contributed by atoms with Gasteiger partial charge in [0.2, 0.25) is 10.0 Å². The Morgan fingerprint density at radius 2 is 2.10 bits per heavy atom. The lowest BCUT2D eigenvalue weighted by Crippen LogP contribution is -2.34. The van der Waals surface area contributed by atoms with Gasteiger partial charge in [0, 0.05) is 18.6 Å². The van der Waals surface area contributed by atoms with Crippen molar-refractivity contribution in [2.45, 2.75) is 51.1 Å². The SMILES string of the molecule is CCNC(C)c1cccc(S(=O)(=O)N2CC(C)CC2C)c1. The predicted molar refractivity (Wildman–Crippen MR) is 85.7 cm³/mol. The second-order valence-corrected chi connectivity index (χ2v) is 8.01. The second-order valence-electron chi connectivity index (χ2n) is 6.12. The van der Waals surface area contributed by atoms with E-state index in [2.05, 4.69) is 19.2 Å². The van der Waals surface area contributed by atoms with Crippen molar-refractivity contribution in [2.24, 2.45) is 5.92 Å². The molecule has 0 radical (unpaired) electrons. The molecule has 3 atom stereocenters. The molecule has 1 saturated heterocycles. The van der Waals surface area contributed by atoms with Crippen molar-refractivity contribution in [3.8, 4) is 0 Å². The summed E-state index contributed by atoms with van der Waals surface area (Å²) < 4.78 is 27.3. The highest BCUT2D eigenvalue weighted by molar-refractivity contribution is 7.89. The van der Waals surface area contributed by atoms with Crippen molar-refractivity contribution in [1.82, 2.24) is 9.62 Å². The quantitative estimate of drug-likeness (QED) is 0.910. The molecule has 1 heterocycles. The zero-order valence-electron chi connectivity index (χ0n) is 13.3. The molecule has 2 rings (SSSR count). The van der Waals surface area contributed by atoms with Crippen LogP contribution < -0.4 is 5.32 Å². The molecule has 0 aromatic heterocycles. The van der Waals surface area contributed by atoms with Crippen molar-refractivity contribution in [1.29, 1.82) is 0 Å². The molecule has 1 N–H and O–H groups in total. The Kier molecular flexibility index (Phi) is 5.07. The topological polar surface area (TPSA) is 49.4 Å². The van der Waals surface area contributed by atoms with Gasteiger partial charge >= 0.3 is 0 Å². The first kappa shape index (κ1) is 16.5. The summed E-state index contributed by atoms with van der Waals surface area (Å²) in [6.45, 7) is 9.68. The third-order valence-corrected chi connectivity index (χ3v) is 6.18. The first-order chi connectivity index (χ1) is 9.86. The van der Waals surface area contributed by atoms with Gasteiger partial charge in [-0.05, 0) is 50.4 Å².